The van der Waals surface area contributed by atoms with Gasteiger partial charge < -0.3 is 15.0 Å². The van der Waals surface area contributed by atoms with E-state index in [2.05, 4.69) is 0 Å². The highest BCUT2D eigenvalue weighted by Gasteiger charge is 2.37. The van der Waals surface area contributed by atoms with Gasteiger partial charge in [-0.15, -0.1) is 0 Å². The molecule has 0 aliphatic heterocycles. The summed E-state index contributed by atoms with van der Waals surface area (Å²) in [5.74, 6) is -1.48. The van der Waals surface area contributed by atoms with Gasteiger partial charge in [0.05, 0.1) is 16.7 Å². The van der Waals surface area contributed by atoms with E-state index in [-0.39, 0.29) is 17.4 Å². The Morgan fingerprint density at radius 3 is 1.97 bits per heavy atom. The van der Waals surface area contributed by atoms with E-state index in [0.29, 0.717) is 12.1 Å². The summed E-state index contributed by atoms with van der Waals surface area (Å²) >= 11 is 0. The molecule has 11 heteroatoms. The van der Waals surface area contributed by atoms with E-state index in [1.165, 1.54) is 43.3 Å². The maximum atomic E-state index is 13.0. The topological polar surface area (TPSA) is 58.6 Å². The van der Waals surface area contributed by atoms with Crippen molar-refractivity contribution in [1.29, 1.82) is 0 Å². The number of rotatable bonds is 5. The first-order chi connectivity index (χ1) is 13.8. The van der Waals surface area contributed by atoms with Gasteiger partial charge in [-0.3, -0.25) is 9.59 Å². The van der Waals surface area contributed by atoms with Gasteiger partial charge in [0.2, 0.25) is 0 Å². The number of benzene rings is 2. The van der Waals surface area contributed by atoms with Crippen LogP contribution in [0.5, 0.6) is 5.75 Å². The molecule has 0 aromatic heterocycles. The molecule has 2 aromatic carbocycles. The number of nitrogens with one attached hydrogen (secondary N) is 1. The molecule has 0 heterocycles. The van der Waals surface area contributed by atoms with Crippen molar-refractivity contribution in [2.75, 3.05) is 26.0 Å². The lowest BCUT2D eigenvalue weighted by atomic mass is 10.1. The fraction of sp³-hybridized carbons (Fsp3) is 0.263. The Morgan fingerprint density at radius 2 is 1.47 bits per heavy atom. The Labute approximate surface area is 167 Å². The standard InChI is InChI=1S/C19H16F6N2O3/c1-27(2)16(28)10-30-15-6-4-3-5-14(15)17(29)26-13-8-11(18(20,21)22)7-12(9-13)19(23,24)25/h3-9H,10H2,1-2H3,(H,26,29). The van der Waals surface area contributed by atoms with E-state index in [1.807, 2.05) is 5.32 Å². The van der Waals surface area contributed by atoms with Crippen molar-refractivity contribution >= 4 is 17.5 Å². The highest BCUT2D eigenvalue weighted by Crippen LogP contribution is 2.37. The van der Waals surface area contributed by atoms with E-state index in [9.17, 15) is 35.9 Å². The summed E-state index contributed by atoms with van der Waals surface area (Å²) in [5.41, 5.74) is -3.99. The van der Waals surface area contributed by atoms with E-state index >= 15 is 0 Å². The van der Waals surface area contributed by atoms with Gasteiger partial charge in [0, 0.05) is 19.8 Å². The highest BCUT2D eigenvalue weighted by molar-refractivity contribution is 6.06. The summed E-state index contributed by atoms with van der Waals surface area (Å²) in [4.78, 5) is 25.4. The minimum Gasteiger partial charge on any atom is -0.483 e. The van der Waals surface area contributed by atoms with Crippen molar-refractivity contribution < 1.29 is 40.7 Å². The molecule has 5 nitrogen and oxygen atoms in total. The second-order valence-corrected chi connectivity index (χ2v) is 6.32. The fourth-order valence-electron chi connectivity index (χ4n) is 2.27. The van der Waals surface area contributed by atoms with Crippen LogP contribution in [-0.2, 0) is 17.1 Å². The molecule has 0 fully saturated rings. The Morgan fingerprint density at radius 1 is 0.933 bits per heavy atom. The number of hydrogen-bond acceptors (Lipinski definition) is 3. The summed E-state index contributed by atoms with van der Waals surface area (Å²) in [6, 6.07) is 6.24. The molecule has 0 atom stereocenters. The summed E-state index contributed by atoms with van der Waals surface area (Å²) in [6.45, 7) is -0.418. The Kier molecular flexibility index (Phi) is 6.63. The maximum absolute atomic E-state index is 13.0. The average Bonchev–Trinajstić information content (AvgIpc) is 2.64. The number of carbonyl (C=O) groups excluding carboxylic acids is 2. The van der Waals surface area contributed by atoms with Crippen molar-refractivity contribution in [3.63, 3.8) is 0 Å². The van der Waals surface area contributed by atoms with E-state index < -0.39 is 47.6 Å². The molecule has 0 unspecified atom stereocenters. The van der Waals surface area contributed by atoms with Crippen LogP contribution in [0.3, 0.4) is 0 Å². The van der Waals surface area contributed by atoms with Gasteiger partial charge in [0.25, 0.3) is 11.8 Å². The molecule has 0 spiro atoms. The Hall–Kier alpha value is -3.24. The number of ether oxygens (including phenoxy) is 1. The second-order valence-electron chi connectivity index (χ2n) is 6.32. The Bertz CT molecular complexity index is 906. The molecule has 2 rings (SSSR count). The number of hydrogen-bond donors (Lipinski definition) is 1. The highest BCUT2D eigenvalue weighted by atomic mass is 19.4. The van der Waals surface area contributed by atoms with Gasteiger partial charge in [0.15, 0.2) is 6.61 Å². The molecular weight excluding hydrogens is 418 g/mol. The van der Waals surface area contributed by atoms with Gasteiger partial charge in [0.1, 0.15) is 5.75 Å². The molecule has 2 aromatic rings. The smallest absolute Gasteiger partial charge is 0.416 e. The molecule has 1 N–H and O–H groups in total. The Balaban J connectivity index is 2.33. The van der Waals surface area contributed by atoms with Crippen LogP contribution in [0.2, 0.25) is 0 Å². The fourth-order valence-corrected chi connectivity index (χ4v) is 2.27. The zero-order valence-corrected chi connectivity index (χ0v) is 15.7. The average molecular weight is 434 g/mol. The van der Waals surface area contributed by atoms with E-state index in [0.717, 1.165) is 0 Å². The molecule has 0 saturated carbocycles. The van der Waals surface area contributed by atoms with Crippen LogP contribution in [0.1, 0.15) is 21.5 Å². The molecule has 0 saturated heterocycles. The van der Waals surface area contributed by atoms with Crippen molar-refractivity contribution in [3.05, 3.63) is 59.2 Å². The van der Waals surface area contributed by atoms with Gasteiger partial charge in [-0.1, -0.05) is 12.1 Å². The molecule has 0 aliphatic carbocycles. The first kappa shape index (κ1) is 23.0. The van der Waals surface area contributed by atoms with Crippen LogP contribution in [0.15, 0.2) is 42.5 Å². The van der Waals surface area contributed by atoms with Crippen LogP contribution < -0.4 is 10.1 Å². The molecule has 0 bridgehead atoms. The van der Waals surface area contributed by atoms with E-state index in [1.54, 1.807) is 0 Å². The van der Waals surface area contributed by atoms with Gasteiger partial charge >= 0.3 is 12.4 Å². The minimum absolute atomic E-state index is 0.0421. The molecule has 162 valence electrons. The lowest BCUT2D eigenvalue weighted by Gasteiger charge is -2.16. The molecule has 30 heavy (non-hydrogen) atoms. The number of amides is 2. The largest absolute Gasteiger partial charge is 0.483 e. The first-order valence-corrected chi connectivity index (χ1v) is 8.32. The van der Waals surface area contributed by atoms with Crippen molar-refractivity contribution in [2.24, 2.45) is 0 Å². The minimum atomic E-state index is -5.05. The predicted octanol–water partition coefficient (Wildman–Crippen LogP) is 4.44. The van der Waals surface area contributed by atoms with Gasteiger partial charge in [-0.2, -0.15) is 26.3 Å². The number of likely N-dealkylation sites (N-methyl/N-ethyl adjacent to an activating group) is 1. The van der Waals surface area contributed by atoms with Crippen LogP contribution >= 0.6 is 0 Å². The predicted molar refractivity (Wildman–Crippen MR) is 95.0 cm³/mol. The maximum Gasteiger partial charge on any atom is 0.416 e. The SMILES string of the molecule is CN(C)C(=O)COc1ccccc1C(=O)Nc1cc(C(F)(F)F)cc(C(F)(F)F)c1. The lowest BCUT2D eigenvalue weighted by molar-refractivity contribution is -0.143. The van der Waals surface area contributed by atoms with Crippen LogP contribution in [0.4, 0.5) is 32.0 Å². The molecular formula is C19H16F6N2O3. The molecule has 2 amide bonds. The van der Waals surface area contributed by atoms with Gasteiger partial charge in [-0.05, 0) is 30.3 Å². The number of alkyl halides is 6. The van der Waals surface area contributed by atoms with E-state index in [4.69, 9.17) is 4.74 Å². The normalized spacial score (nSPS) is 11.7. The van der Waals surface area contributed by atoms with Crippen molar-refractivity contribution in [1.82, 2.24) is 4.90 Å². The third-order valence-corrected chi connectivity index (χ3v) is 3.83. The summed E-state index contributed by atoms with van der Waals surface area (Å²) in [7, 11) is 2.96. The van der Waals surface area contributed by atoms with Gasteiger partial charge in [-0.25, -0.2) is 0 Å². The summed E-state index contributed by atoms with van der Waals surface area (Å²) in [6.07, 6.45) is -10.1. The van der Waals surface area contributed by atoms with Crippen molar-refractivity contribution in [2.45, 2.75) is 12.4 Å². The molecule has 0 aliphatic rings. The zero-order chi connectivity index (χ0) is 22.7. The van der Waals surface area contributed by atoms with Crippen LogP contribution in [0, 0.1) is 0 Å². The zero-order valence-electron chi connectivity index (χ0n) is 15.7. The number of halogens is 6. The third-order valence-electron chi connectivity index (χ3n) is 3.83. The van der Waals surface area contributed by atoms with Crippen LogP contribution in [0.25, 0.3) is 0 Å². The van der Waals surface area contributed by atoms with Crippen LogP contribution in [-0.4, -0.2) is 37.4 Å². The van der Waals surface area contributed by atoms with Crippen molar-refractivity contribution in [3.8, 4) is 5.75 Å². The first-order valence-electron chi connectivity index (χ1n) is 8.32. The molecule has 0 radical (unpaired) electrons. The third kappa shape index (κ3) is 5.88. The summed E-state index contributed by atoms with van der Waals surface area (Å²) < 4.78 is 83.1. The number of anilines is 1. The number of nitrogens with zero attached hydrogens (tertiary/aromatic N) is 1. The quantitative estimate of drug-likeness (QED) is 0.708. The lowest BCUT2D eigenvalue weighted by Crippen LogP contribution is -2.28. The second kappa shape index (κ2) is 8.64. The monoisotopic (exact) mass is 434 g/mol. The number of carbonyl (C=O) groups is 2. The summed E-state index contributed by atoms with van der Waals surface area (Å²) in [5, 5.41) is 2.02. The number of para-hydroxylation sites is 1.